The molecule has 0 N–H and O–H groups in total. The number of benzene rings is 2. The molecule has 2 amide bonds. The van der Waals surface area contributed by atoms with Crippen molar-refractivity contribution in [3.05, 3.63) is 63.3 Å². The Labute approximate surface area is 157 Å². The predicted molar refractivity (Wildman–Crippen MR) is 95.5 cm³/mol. The van der Waals surface area contributed by atoms with E-state index >= 15 is 0 Å². The fourth-order valence-corrected chi connectivity index (χ4v) is 3.69. The number of nitrogens with zero attached hydrogens (tertiary/aromatic N) is 1. The zero-order valence-corrected chi connectivity index (χ0v) is 14.8. The number of halogens is 2. The van der Waals surface area contributed by atoms with Crippen LogP contribution in [-0.4, -0.2) is 22.8 Å². The van der Waals surface area contributed by atoms with Crippen LogP contribution in [0.15, 0.2) is 41.3 Å². The third kappa shape index (κ3) is 3.04. The Kier molecular flexibility index (Phi) is 4.34. The highest BCUT2D eigenvalue weighted by molar-refractivity contribution is 8.18. The smallest absolute Gasteiger partial charge is 0.293 e. The third-order valence-electron chi connectivity index (χ3n) is 3.95. The summed E-state index contributed by atoms with van der Waals surface area (Å²) < 4.78 is 24.5. The number of thioether (sulfide) groups is 1. The molecule has 8 heteroatoms. The molecule has 2 heterocycles. The van der Waals surface area contributed by atoms with E-state index in [1.54, 1.807) is 24.3 Å². The number of hydrogen-bond acceptors (Lipinski definition) is 5. The molecule has 0 unspecified atom stereocenters. The third-order valence-corrected chi connectivity index (χ3v) is 5.21. The van der Waals surface area contributed by atoms with Gasteiger partial charge in [-0.2, -0.15) is 0 Å². The fourth-order valence-electron chi connectivity index (χ4n) is 2.63. The van der Waals surface area contributed by atoms with Crippen LogP contribution >= 0.6 is 23.4 Å². The summed E-state index contributed by atoms with van der Waals surface area (Å²) in [7, 11) is 0. The van der Waals surface area contributed by atoms with E-state index in [1.807, 2.05) is 0 Å². The molecule has 2 aromatic carbocycles. The molecular formula is C18H11ClFNO4S. The number of amides is 2. The second-order valence-electron chi connectivity index (χ2n) is 5.58. The lowest BCUT2D eigenvalue weighted by atomic mass is 10.1. The summed E-state index contributed by atoms with van der Waals surface area (Å²) in [5.74, 6) is 0.161. The van der Waals surface area contributed by atoms with Crippen LogP contribution in [0.3, 0.4) is 0 Å². The predicted octanol–water partition coefficient (Wildman–Crippen LogP) is 4.44. The van der Waals surface area contributed by atoms with Crippen LogP contribution in [0.25, 0.3) is 6.08 Å². The van der Waals surface area contributed by atoms with Gasteiger partial charge in [-0.05, 0) is 47.7 Å². The fraction of sp³-hybridized carbons (Fsp3) is 0.111. The number of ether oxygens (including phenoxy) is 2. The minimum atomic E-state index is -0.559. The standard InChI is InChI=1S/C18H11ClFNO4S/c19-12-2-1-3-13(20)11(12)8-21-17(22)16(26-18(21)23)7-10-4-5-14-15(6-10)25-9-24-14/h1-7H,8-9H2. The van der Waals surface area contributed by atoms with Crippen molar-refractivity contribution in [2.45, 2.75) is 6.54 Å². The summed E-state index contributed by atoms with van der Waals surface area (Å²) in [6.07, 6.45) is 1.59. The quantitative estimate of drug-likeness (QED) is 0.724. The molecule has 0 bridgehead atoms. The molecule has 0 aromatic heterocycles. The van der Waals surface area contributed by atoms with Crippen molar-refractivity contribution in [2.75, 3.05) is 6.79 Å². The number of imide groups is 1. The Morgan fingerprint density at radius 1 is 1.19 bits per heavy atom. The van der Waals surface area contributed by atoms with Gasteiger partial charge in [0.05, 0.1) is 11.4 Å². The van der Waals surface area contributed by atoms with Crippen LogP contribution in [0, 0.1) is 5.82 Å². The summed E-state index contributed by atoms with van der Waals surface area (Å²) in [6, 6.07) is 9.44. The lowest BCUT2D eigenvalue weighted by Gasteiger charge is -2.14. The maximum Gasteiger partial charge on any atom is 0.293 e. The van der Waals surface area contributed by atoms with Crippen molar-refractivity contribution in [3.63, 3.8) is 0 Å². The summed E-state index contributed by atoms with van der Waals surface area (Å²) in [5.41, 5.74) is 0.810. The number of rotatable bonds is 3. The molecule has 4 rings (SSSR count). The Hall–Kier alpha value is -2.51. The molecule has 1 saturated heterocycles. The van der Waals surface area contributed by atoms with Crippen LogP contribution in [0.2, 0.25) is 5.02 Å². The minimum Gasteiger partial charge on any atom is -0.454 e. The van der Waals surface area contributed by atoms with E-state index in [0.29, 0.717) is 17.1 Å². The van der Waals surface area contributed by atoms with E-state index in [0.717, 1.165) is 16.7 Å². The monoisotopic (exact) mass is 391 g/mol. The van der Waals surface area contributed by atoms with Gasteiger partial charge in [0.25, 0.3) is 11.1 Å². The molecule has 5 nitrogen and oxygen atoms in total. The molecular weight excluding hydrogens is 381 g/mol. The maximum absolute atomic E-state index is 13.9. The van der Waals surface area contributed by atoms with E-state index in [9.17, 15) is 14.0 Å². The molecule has 0 atom stereocenters. The molecule has 0 saturated carbocycles. The van der Waals surface area contributed by atoms with Crippen molar-refractivity contribution in [1.82, 2.24) is 4.90 Å². The van der Waals surface area contributed by atoms with Crippen LogP contribution in [0.1, 0.15) is 11.1 Å². The normalized spacial score (nSPS) is 17.5. The lowest BCUT2D eigenvalue weighted by molar-refractivity contribution is -0.123. The van der Waals surface area contributed by atoms with Gasteiger partial charge in [0.15, 0.2) is 11.5 Å². The van der Waals surface area contributed by atoms with Gasteiger partial charge in [-0.1, -0.05) is 23.7 Å². The first-order valence-electron chi connectivity index (χ1n) is 7.61. The largest absolute Gasteiger partial charge is 0.454 e. The van der Waals surface area contributed by atoms with Crippen molar-refractivity contribution in [3.8, 4) is 11.5 Å². The molecule has 2 aliphatic rings. The Morgan fingerprint density at radius 2 is 2.00 bits per heavy atom. The summed E-state index contributed by atoms with van der Waals surface area (Å²) in [5, 5.41) is -0.301. The van der Waals surface area contributed by atoms with E-state index < -0.39 is 17.0 Å². The Bertz CT molecular complexity index is 942. The van der Waals surface area contributed by atoms with Gasteiger partial charge in [0.1, 0.15) is 5.82 Å². The topological polar surface area (TPSA) is 55.8 Å². The molecule has 2 aromatic rings. The molecule has 26 heavy (non-hydrogen) atoms. The van der Waals surface area contributed by atoms with Gasteiger partial charge in [-0.3, -0.25) is 14.5 Å². The first kappa shape index (κ1) is 16.9. The minimum absolute atomic E-state index is 0.112. The number of fused-ring (bicyclic) bond motifs is 1. The van der Waals surface area contributed by atoms with Gasteiger partial charge in [-0.25, -0.2) is 4.39 Å². The number of carbonyl (C=O) groups is 2. The van der Waals surface area contributed by atoms with Crippen LogP contribution < -0.4 is 9.47 Å². The molecule has 132 valence electrons. The number of hydrogen-bond donors (Lipinski definition) is 0. The van der Waals surface area contributed by atoms with Crippen molar-refractivity contribution in [1.29, 1.82) is 0 Å². The zero-order chi connectivity index (χ0) is 18.3. The SMILES string of the molecule is O=C1SC(=Cc2ccc3c(c2)OCO3)C(=O)N1Cc1c(F)cccc1Cl. The van der Waals surface area contributed by atoms with Gasteiger partial charge >= 0.3 is 0 Å². The zero-order valence-electron chi connectivity index (χ0n) is 13.2. The summed E-state index contributed by atoms with van der Waals surface area (Å²) in [4.78, 5) is 26.0. The van der Waals surface area contributed by atoms with Crippen molar-refractivity contribution in [2.24, 2.45) is 0 Å². The van der Waals surface area contributed by atoms with E-state index in [-0.39, 0.29) is 28.8 Å². The molecule has 0 radical (unpaired) electrons. The molecule has 0 aliphatic carbocycles. The van der Waals surface area contributed by atoms with Gasteiger partial charge in [-0.15, -0.1) is 0 Å². The van der Waals surface area contributed by atoms with Crippen LogP contribution in [0.4, 0.5) is 9.18 Å². The molecule has 1 fully saturated rings. The van der Waals surface area contributed by atoms with Gasteiger partial charge in [0.2, 0.25) is 6.79 Å². The summed E-state index contributed by atoms with van der Waals surface area (Å²) >= 11 is 6.79. The van der Waals surface area contributed by atoms with Crippen molar-refractivity contribution < 1.29 is 23.5 Å². The average Bonchev–Trinajstić information content (AvgIpc) is 3.17. The van der Waals surface area contributed by atoms with Gasteiger partial charge in [0, 0.05) is 10.6 Å². The molecule has 0 spiro atoms. The Morgan fingerprint density at radius 3 is 2.81 bits per heavy atom. The molecule has 2 aliphatic heterocycles. The van der Waals surface area contributed by atoms with E-state index in [1.165, 1.54) is 18.2 Å². The van der Waals surface area contributed by atoms with Crippen LogP contribution in [-0.2, 0) is 11.3 Å². The highest BCUT2D eigenvalue weighted by atomic mass is 35.5. The Balaban J connectivity index is 1.59. The highest BCUT2D eigenvalue weighted by Crippen LogP contribution is 2.37. The first-order valence-corrected chi connectivity index (χ1v) is 8.80. The second-order valence-corrected chi connectivity index (χ2v) is 6.98. The van der Waals surface area contributed by atoms with E-state index in [4.69, 9.17) is 21.1 Å². The first-order chi connectivity index (χ1) is 12.5. The van der Waals surface area contributed by atoms with Crippen molar-refractivity contribution >= 4 is 40.6 Å². The van der Waals surface area contributed by atoms with Gasteiger partial charge < -0.3 is 9.47 Å². The van der Waals surface area contributed by atoms with E-state index in [2.05, 4.69) is 0 Å². The summed E-state index contributed by atoms with van der Waals surface area (Å²) in [6.45, 7) is -0.0621. The van der Waals surface area contributed by atoms with Crippen LogP contribution in [0.5, 0.6) is 11.5 Å². The number of carbonyl (C=O) groups excluding carboxylic acids is 2. The average molecular weight is 392 g/mol. The highest BCUT2D eigenvalue weighted by Gasteiger charge is 2.36. The lowest BCUT2D eigenvalue weighted by Crippen LogP contribution is -2.28. The second kappa shape index (κ2) is 6.66. The maximum atomic E-state index is 13.9.